The molecule has 26 heavy (non-hydrogen) atoms. The van der Waals surface area contributed by atoms with Crippen LogP contribution >= 0.6 is 0 Å². The Labute approximate surface area is 154 Å². The fourth-order valence-corrected chi connectivity index (χ4v) is 4.40. The van der Waals surface area contributed by atoms with Crippen molar-refractivity contribution in [2.75, 3.05) is 17.0 Å². The maximum absolute atomic E-state index is 12.4. The maximum Gasteiger partial charge on any atom is 0.311 e. The Morgan fingerprint density at radius 3 is 2.50 bits per heavy atom. The Morgan fingerprint density at radius 1 is 1.19 bits per heavy atom. The minimum Gasteiger partial charge on any atom is -0.481 e. The summed E-state index contributed by atoms with van der Waals surface area (Å²) in [5.74, 6) is -1.28. The Morgan fingerprint density at radius 2 is 1.88 bits per heavy atom. The zero-order valence-electron chi connectivity index (χ0n) is 15.0. The highest BCUT2D eigenvalue weighted by molar-refractivity contribution is 7.92. The molecule has 0 radical (unpaired) electrons. The normalized spacial score (nSPS) is 16.7. The van der Waals surface area contributed by atoms with Gasteiger partial charge in [-0.15, -0.1) is 0 Å². The van der Waals surface area contributed by atoms with Crippen molar-refractivity contribution in [1.82, 2.24) is 5.32 Å². The lowest BCUT2D eigenvalue weighted by Gasteiger charge is -2.33. The Kier molecular flexibility index (Phi) is 6.63. The van der Waals surface area contributed by atoms with Crippen LogP contribution < -0.4 is 10.0 Å². The molecule has 0 atom stereocenters. The Hall–Kier alpha value is -2.09. The molecule has 0 unspecified atom stereocenters. The number of hydrogen-bond acceptors (Lipinski definition) is 4. The van der Waals surface area contributed by atoms with Crippen LogP contribution in [0.5, 0.6) is 0 Å². The molecule has 0 aromatic heterocycles. The van der Waals surface area contributed by atoms with E-state index in [-0.39, 0.29) is 17.9 Å². The number of hydrogen-bond donors (Lipinski definition) is 3. The van der Waals surface area contributed by atoms with Gasteiger partial charge in [-0.2, -0.15) is 0 Å². The highest BCUT2D eigenvalue weighted by Gasteiger charge is 2.39. The van der Waals surface area contributed by atoms with Gasteiger partial charge >= 0.3 is 5.97 Å². The monoisotopic (exact) mass is 382 g/mol. The second-order valence-electron chi connectivity index (χ2n) is 6.83. The van der Waals surface area contributed by atoms with Crippen LogP contribution in [0.4, 0.5) is 5.69 Å². The summed E-state index contributed by atoms with van der Waals surface area (Å²) in [6.45, 7) is 1.85. The summed E-state index contributed by atoms with van der Waals surface area (Å²) in [5, 5.41) is 12.3. The van der Waals surface area contributed by atoms with E-state index in [2.05, 4.69) is 10.0 Å². The standard InChI is InChI=1S/C18H26N2O5S/c1-2-11-26(24,25)20-15-8-6-7-14(12-15)16(21)19-13-18(17(22)23)9-4-3-5-10-18/h6-8,12,20H,2-5,9-11,13H2,1H3,(H,19,21)(H,22,23). The van der Waals surface area contributed by atoms with Crippen LogP contribution in [0.15, 0.2) is 24.3 Å². The smallest absolute Gasteiger partial charge is 0.311 e. The van der Waals surface area contributed by atoms with Crippen LogP contribution in [0.3, 0.4) is 0 Å². The van der Waals surface area contributed by atoms with Gasteiger partial charge in [0.2, 0.25) is 10.0 Å². The number of sulfonamides is 1. The van der Waals surface area contributed by atoms with Crippen molar-refractivity contribution >= 4 is 27.6 Å². The molecule has 2 rings (SSSR count). The number of carbonyl (C=O) groups is 2. The minimum absolute atomic E-state index is 0.00452. The molecule has 7 nitrogen and oxygen atoms in total. The second kappa shape index (κ2) is 8.53. The molecular formula is C18H26N2O5S. The first-order valence-corrected chi connectivity index (χ1v) is 10.6. The fourth-order valence-electron chi connectivity index (χ4n) is 3.27. The SMILES string of the molecule is CCCS(=O)(=O)Nc1cccc(C(=O)NCC2(C(=O)O)CCCCC2)c1. The zero-order chi connectivity index (χ0) is 19.2. The number of rotatable bonds is 8. The number of anilines is 1. The van der Waals surface area contributed by atoms with Crippen molar-refractivity contribution in [3.63, 3.8) is 0 Å². The van der Waals surface area contributed by atoms with E-state index in [0.29, 0.717) is 24.9 Å². The van der Waals surface area contributed by atoms with Crippen LogP contribution in [0.2, 0.25) is 0 Å². The topological polar surface area (TPSA) is 113 Å². The number of benzene rings is 1. The number of carbonyl (C=O) groups excluding carboxylic acids is 1. The molecule has 0 saturated heterocycles. The van der Waals surface area contributed by atoms with Gasteiger partial charge in [-0.3, -0.25) is 14.3 Å². The summed E-state index contributed by atoms with van der Waals surface area (Å²) in [4.78, 5) is 24.1. The highest BCUT2D eigenvalue weighted by atomic mass is 32.2. The summed E-state index contributed by atoms with van der Waals surface area (Å²) >= 11 is 0. The number of aliphatic carboxylic acids is 1. The third-order valence-corrected chi connectivity index (χ3v) is 6.22. The molecule has 1 aliphatic carbocycles. The Bertz CT molecular complexity index is 755. The lowest BCUT2D eigenvalue weighted by Crippen LogP contribution is -2.44. The molecule has 3 N–H and O–H groups in total. The summed E-state index contributed by atoms with van der Waals surface area (Å²) < 4.78 is 26.2. The first-order chi connectivity index (χ1) is 12.3. The van der Waals surface area contributed by atoms with E-state index in [1.807, 2.05) is 0 Å². The number of carboxylic acid groups (broad SMARTS) is 1. The van der Waals surface area contributed by atoms with Crippen molar-refractivity contribution in [3.05, 3.63) is 29.8 Å². The summed E-state index contributed by atoms with van der Waals surface area (Å²) in [7, 11) is -3.44. The predicted octanol–water partition coefficient (Wildman–Crippen LogP) is 2.60. The van der Waals surface area contributed by atoms with Gasteiger partial charge in [0.05, 0.1) is 11.2 Å². The van der Waals surface area contributed by atoms with Crippen molar-refractivity contribution in [3.8, 4) is 0 Å². The van der Waals surface area contributed by atoms with E-state index in [1.165, 1.54) is 6.07 Å². The molecule has 1 aromatic rings. The summed E-state index contributed by atoms with van der Waals surface area (Å²) in [6.07, 6.45) is 4.31. The quantitative estimate of drug-likeness (QED) is 0.640. The first kappa shape index (κ1) is 20.2. The molecule has 8 heteroatoms. The number of carboxylic acids is 1. The predicted molar refractivity (Wildman–Crippen MR) is 99.6 cm³/mol. The first-order valence-electron chi connectivity index (χ1n) is 8.90. The molecule has 1 aromatic carbocycles. The lowest BCUT2D eigenvalue weighted by atomic mass is 9.74. The van der Waals surface area contributed by atoms with Gasteiger partial charge in [0, 0.05) is 17.8 Å². The van der Waals surface area contributed by atoms with Crippen LogP contribution in [-0.4, -0.2) is 37.7 Å². The van der Waals surface area contributed by atoms with E-state index < -0.39 is 27.3 Å². The van der Waals surface area contributed by atoms with E-state index in [1.54, 1.807) is 25.1 Å². The van der Waals surface area contributed by atoms with Crippen molar-refractivity contribution in [1.29, 1.82) is 0 Å². The van der Waals surface area contributed by atoms with Crippen LogP contribution in [-0.2, 0) is 14.8 Å². The molecule has 1 amide bonds. The van der Waals surface area contributed by atoms with Crippen LogP contribution in [0.1, 0.15) is 55.8 Å². The summed E-state index contributed by atoms with van der Waals surface area (Å²) in [6, 6.07) is 6.19. The third-order valence-electron chi connectivity index (χ3n) is 4.72. The molecule has 0 spiro atoms. The maximum atomic E-state index is 12.4. The van der Waals surface area contributed by atoms with E-state index in [0.717, 1.165) is 19.3 Å². The average Bonchev–Trinajstić information content (AvgIpc) is 2.60. The fraction of sp³-hybridized carbons (Fsp3) is 0.556. The minimum atomic E-state index is -3.44. The molecule has 144 valence electrons. The molecule has 0 heterocycles. The summed E-state index contributed by atoms with van der Waals surface area (Å²) in [5.41, 5.74) is -0.302. The van der Waals surface area contributed by atoms with Crippen molar-refractivity contribution in [2.45, 2.75) is 45.4 Å². The van der Waals surface area contributed by atoms with Gasteiger partial charge in [-0.05, 0) is 37.5 Å². The van der Waals surface area contributed by atoms with E-state index >= 15 is 0 Å². The zero-order valence-corrected chi connectivity index (χ0v) is 15.8. The van der Waals surface area contributed by atoms with Gasteiger partial charge in [0.15, 0.2) is 0 Å². The van der Waals surface area contributed by atoms with Gasteiger partial charge in [-0.1, -0.05) is 32.3 Å². The van der Waals surface area contributed by atoms with Crippen LogP contribution in [0.25, 0.3) is 0 Å². The molecule has 1 aliphatic rings. The second-order valence-corrected chi connectivity index (χ2v) is 8.67. The van der Waals surface area contributed by atoms with Gasteiger partial charge < -0.3 is 10.4 Å². The van der Waals surface area contributed by atoms with E-state index in [4.69, 9.17) is 0 Å². The number of amides is 1. The molecule has 1 fully saturated rings. The average molecular weight is 382 g/mol. The molecular weight excluding hydrogens is 356 g/mol. The van der Waals surface area contributed by atoms with Gasteiger partial charge in [0.25, 0.3) is 5.91 Å². The molecule has 0 bridgehead atoms. The largest absolute Gasteiger partial charge is 0.481 e. The lowest BCUT2D eigenvalue weighted by molar-refractivity contribution is -0.150. The highest BCUT2D eigenvalue weighted by Crippen LogP contribution is 2.36. The van der Waals surface area contributed by atoms with Gasteiger partial charge in [-0.25, -0.2) is 8.42 Å². The number of nitrogens with one attached hydrogen (secondary N) is 2. The van der Waals surface area contributed by atoms with Gasteiger partial charge in [0.1, 0.15) is 0 Å². The van der Waals surface area contributed by atoms with Crippen molar-refractivity contribution < 1.29 is 23.1 Å². The van der Waals surface area contributed by atoms with E-state index in [9.17, 15) is 23.1 Å². The third kappa shape index (κ3) is 5.20. The van der Waals surface area contributed by atoms with Crippen LogP contribution in [0, 0.1) is 5.41 Å². The molecule has 1 saturated carbocycles. The Balaban J connectivity index is 2.05. The molecule has 0 aliphatic heterocycles. The van der Waals surface area contributed by atoms with Crippen molar-refractivity contribution in [2.24, 2.45) is 5.41 Å².